The fourth-order valence-electron chi connectivity index (χ4n) is 1.10. The van der Waals surface area contributed by atoms with Gasteiger partial charge in [-0.25, -0.2) is 0 Å². The number of benzene rings is 1. The highest BCUT2D eigenvalue weighted by Gasteiger charge is 2.15. The first-order chi connectivity index (χ1) is 8.45. The molecular weight excluding hydrogens is 374 g/mol. The Morgan fingerprint density at radius 1 is 1.50 bits per heavy atom. The van der Waals surface area contributed by atoms with E-state index in [1.807, 2.05) is 0 Å². The summed E-state index contributed by atoms with van der Waals surface area (Å²) in [6.45, 7) is 0.185. The lowest BCUT2D eigenvalue weighted by atomic mass is 10.3. The molecule has 0 radical (unpaired) electrons. The van der Waals surface area contributed by atoms with Crippen molar-refractivity contribution >= 4 is 43.4 Å². The van der Waals surface area contributed by atoms with E-state index in [4.69, 9.17) is 15.7 Å². The predicted octanol–water partition coefficient (Wildman–Crippen LogP) is 2.64. The second kappa shape index (κ2) is 6.55. The summed E-state index contributed by atoms with van der Waals surface area (Å²) in [7, 11) is 0. The quantitative estimate of drug-likeness (QED) is 0.267. The van der Waals surface area contributed by atoms with E-state index in [2.05, 4.69) is 37.0 Å². The van der Waals surface area contributed by atoms with Gasteiger partial charge in [0, 0.05) is 18.6 Å². The van der Waals surface area contributed by atoms with Crippen LogP contribution < -0.4 is 10.5 Å². The number of nitrogens with zero attached hydrogens (tertiary/aromatic N) is 2. The van der Waals surface area contributed by atoms with E-state index < -0.39 is 4.92 Å². The Bertz CT molecular complexity index is 470. The number of nitro benzene ring substituents is 1. The third-order valence-corrected chi connectivity index (χ3v) is 3.10. The summed E-state index contributed by atoms with van der Waals surface area (Å²) in [5.74, 6) is 0.468. The lowest BCUT2D eigenvalue weighted by Crippen LogP contribution is -2.15. The van der Waals surface area contributed by atoms with Crippen LogP contribution in [0.25, 0.3) is 0 Å². The van der Waals surface area contributed by atoms with Crippen molar-refractivity contribution in [3.05, 3.63) is 31.2 Å². The van der Waals surface area contributed by atoms with Crippen LogP contribution in [0.4, 0.5) is 5.69 Å². The molecule has 0 amide bonds. The molecule has 0 aliphatic rings. The Labute approximate surface area is 119 Å². The first-order valence-corrected chi connectivity index (χ1v) is 6.27. The van der Waals surface area contributed by atoms with Gasteiger partial charge in [0.2, 0.25) is 0 Å². The van der Waals surface area contributed by atoms with Crippen molar-refractivity contribution in [2.24, 2.45) is 10.9 Å². The van der Waals surface area contributed by atoms with E-state index in [0.29, 0.717) is 14.7 Å². The van der Waals surface area contributed by atoms with Crippen LogP contribution in [-0.2, 0) is 0 Å². The molecule has 0 spiro atoms. The number of rotatable bonds is 5. The number of nitro groups is 1. The summed E-state index contributed by atoms with van der Waals surface area (Å²) in [6, 6.07) is 2.67. The lowest BCUT2D eigenvalue weighted by Gasteiger charge is -2.09. The molecule has 0 aliphatic heterocycles. The molecule has 0 saturated carbocycles. The molecule has 0 heterocycles. The van der Waals surface area contributed by atoms with Crippen LogP contribution in [0.2, 0.25) is 0 Å². The lowest BCUT2D eigenvalue weighted by molar-refractivity contribution is -0.385. The van der Waals surface area contributed by atoms with Gasteiger partial charge in [0.25, 0.3) is 5.69 Å². The minimum atomic E-state index is -0.504. The predicted molar refractivity (Wildman–Crippen MR) is 72.0 cm³/mol. The minimum absolute atomic E-state index is 0.0455. The van der Waals surface area contributed by atoms with Crippen molar-refractivity contribution < 1.29 is 14.9 Å². The standard InChI is InChI=1S/C9H9Br2N3O4/c10-6-3-5(14(16)17)4-7(11)9(6)18-2-1-8(12)13-15/h3-4,15H,1-2H2,(H2,12,13). The first-order valence-electron chi connectivity index (χ1n) is 4.68. The van der Waals surface area contributed by atoms with Crippen molar-refractivity contribution in [3.63, 3.8) is 0 Å². The summed E-state index contributed by atoms with van der Waals surface area (Å²) < 4.78 is 6.28. The first kappa shape index (κ1) is 14.7. The fourth-order valence-corrected chi connectivity index (χ4v) is 2.49. The zero-order valence-corrected chi connectivity index (χ0v) is 12.1. The van der Waals surface area contributed by atoms with E-state index in [1.54, 1.807) is 0 Å². The highest BCUT2D eigenvalue weighted by atomic mass is 79.9. The summed E-state index contributed by atoms with van der Waals surface area (Å²) >= 11 is 6.36. The van der Waals surface area contributed by atoms with E-state index in [9.17, 15) is 10.1 Å². The summed E-state index contributed by atoms with van der Waals surface area (Å²) in [5.41, 5.74) is 5.23. The maximum Gasteiger partial charge on any atom is 0.271 e. The van der Waals surface area contributed by atoms with Crippen LogP contribution in [0.5, 0.6) is 5.75 Å². The molecule has 0 aromatic heterocycles. The van der Waals surface area contributed by atoms with Gasteiger partial charge in [0.05, 0.1) is 20.5 Å². The molecule has 7 nitrogen and oxygen atoms in total. The van der Waals surface area contributed by atoms with Gasteiger partial charge in [-0.05, 0) is 31.9 Å². The average Bonchev–Trinajstić information content (AvgIpc) is 2.31. The van der Waals surface area contributed by atoms with Gasteiger partial charge in [0.1, 0.15) is 11.6 Å². The van der Waals surface area contributed by atoms with Crippen molar-refractivity contribution in [2.45, 2.75) is 6.42 Å². The molecule has 0 aliphatic carbocycles. The van der Waals surface area contributed by atoms with Gasteiger partial charge in [-0.1, -0.05) is 5.16 Å². The SMILES string of the molecule is NC(CCOc1c(Br)cc([N+](=O)[O-])cc1Br)=NO. The monoisotopic (exact) mass is 381 g/mol. The minimum Gasteiger partial charge on any atom is -0.491 e. The smallest absolute Gasteiger partial charge is 0.271 e. The number of amidine groups is 1. The Balaban J connectivity index is 2.81. The number of halogens is 2. The molecule has 98 valence electrons. The molecule has 1 aromatic rings. The number of hydrogen-bond donors (Lipinski definition) is 2. The molecule has 1 aromatic carbocycles. The number of ether oxygens (including phenoxy) is 1. The molecule has 1 rings (SSSR count). The van der Waals surface area contributed by atoms with Crippen molar-refractivity contribution in [3.8, 4) is 5.75 Å². The molecule has 18 heavy (non-hydrogen) atoms. The zero-order chi connectivity index (χ0) is 13.7. The Morgan fingerprint density at radius 3 is 2.50 bits per heavy atom. The van der Waals surface area contributed by atoms with Crippen LogP contribution in [0.3, 0.4) is 0 Å². The van der Waals surface area contributed by atoms with Gasteiger partial charge in [0.15, 0.2) is 0 Å². The zero-order valence-electron chi connectivity index (χ0n) is 8.97. The fraction of sp³-hybridized carbons (Fsp3) is 0.222. The van der Waals surface area contributed by atoms with Crippen LogP contribution in [-0.4, -0.2) is 22.6 Å². The van der Waals surface area contributed by atoms with Gasteiger partial charge in [-0.3, -0.25) is 10.1 Å². The van der Waals surface area contributed by atoms with E-state index in [0.717, 1.165) is 0 Å². The van der Waals surface area contributed by atoms with E-state index in [1.165, 1.54) is 12.1 Å². The molecular formula is C9H9Br2N3O4. The molecule has 0 unspecified atom stereocenters. The van der Waals surface area contributed by atoms with Crippen LogP contribution >= 0.6 is 31.9 Å². The highest BCUT2D eigenvalue weighted by Crippen LogP contribution is 2.37. The van der Waals surface area contributed by atoms with Gasteiger partial charge < -0.3 is 15.7 Å². The van der Waals surface area contributed by atoms with Gasteiger partial charge in [-0.15, -0.1) is 0 Å². The van der Waals surface area contributed by atoms with E-state index >= 15 is 0 Å². The van der Waals surface area contributed by atoms with Crippen LogP contribution in [0.15, 0.2) is 26.2 Å². The van der Waals surface area contributed by atoms with E-state index in [-0.39, 0.29) is 24.6 Å². The second-order valence-corrected chi connectivity index (χ2v) is 4.89. The molecule has 0 atom stereocenters. The number of hydrogen-bond acceptors (Lipinski definition) is 5. The third-order valence-electron chi connectivity index (χ3n) is 1.93. The Kier molecular flexibility index (Phi) is 5.35. The van der Waals surface area contributed by atoms with Crippen molar-refractivity contribution in [1.82, 2.24) is 0 Å². The molecule has 0 fully saturated rings. The maximum absolute atomic E-state index is 10.6. The van der Waals surface area contributed by atoms with Crippen LogP contribution in [0, 0.1) is 10.1 Å². The van der Waals surface area contributed by atoms with Crippen molar-refractivity contribution in [2.75, 3.05) is 6.61 Å². The normalized spacial score (nSPS) is 11.3. The van der Waals surface area contributed by atoms with Gasteiger partial charge in [-0.2, -0.15) is 0 Å². The molecule has 0 saturated heterocycles. The van der Waals surface area contributed by atoms with Crippen molar-refractivity contribution in [1.29, 1.82) is 0 Å². The number of nitrogens with two attached hydrogens (primary N) is 1. The maximum atomic E-state index is 10.6. The van der Waals surface area contributed by atoms with Gasteiger partial charge >= 0.3 is 0 Å². The number of non-ortho nitro benzene ring substituents is 1. The summed E-state index contributed by atoms with van der Waals surface area (Å²) in [6.07, 6.45) is 0.242. The topological polar surface area (TPSA) is 111 Å². The Morgan fingerprint density at radius 2 is 2.06 bits per heavy atom. The average molecular weight is 383 g/mol. The molecule has 9 heteroatoms. The summed E-state index contributed by atoms with van der Waals surface area (Å²) in [5, 5.41) is 21.8. The van der Waals surface area contributed by atoms with Crippen LogP contribution in [0.1, 0.15) is 6.42 Å². The second-order valence-electron chi connectivity index (χ2n) is 3.19. The Hall–Kier alpha value is -1.35. The molecule has 0 bridgehead atoms. The number of oxime groups is 1. The molecule has 3 N–H and O–H groups in total. The highest BCUT2D eigenvalue weighted by molar-refractivity contribution is 9.11. The summed E-state index contributed by atoms with van der Waals surface area (Å²) in [4.78, 5) is 10.1. The third kappa shape index (κ3) is 3.84. The largest absolute Gasteiger partial charge is 0.491 e.